The summed E-state index contributed by atoms with van der Waals surface area (Å²) < 4.78 is 16.7. The highest BCUT2D eigenvalue weighted by Gasteiger charge is 2.45. The van der Waals surface area contributed by atoms with Gasteiger partial charge in [-0.3, -0.25) is 9.59 Å². The third-order valence-electron chi connectivity index (χ3n) is 6.41. The molecule has 1 unspecified atom stereocenters. The van der Waals surface area contributed by atoms with Crippen molar-refractivity contribution in [1.29, 1.82) is 0 Å². The molecule has 0 saturated carbocycles. The van der Waals surface area contributed by atoms with Crippen LogP contribution in [-0.2, 0) is 14.3 Å². The van der Waals surface area contributed by atoms with Crippen molar-refractivity contribution in [3.05, 3.63) is 64.7 Å². The number of likely N-dealkylation sites (tertiary alicyclic amines) is 1. The third-order valence-corrected chi connectivity index (χ3v) is 6.41. The summed E-state index contributed by atoms with van der Waals surface area (Å²) in [5, 5.41) is 11.3. The molecule has 0 bridgehead atoms. The fraction of sp³-hybridized carbons (Fsp3) is 0.467. The maximum atomic E-state index is 13.2. The monoisotopic (exact) mass is 509 g/mol. The van der Waals surface area contributed by atoms with Crippen LogP contribution >= 0.6 is 0 Å². The Morgan fingerprint density at radius 1 is 0.919 bits per heavy atom. The van der Waals surface area contributed by atoms with E-state index in [-0.39, 0.29) is 11.3 Å². The normalized spacial score (nSPS) is 16.9. The number of amides is 1. The number of rotatable bonds is 14. The van der Waals surface area contributed by atoms with Gasteiger partial charge >= 0.3 is 0 Å². The van der Waals surface area contributed by atoms with Gasteiger partial charge in [-0.25, -0.2) is 0 Å². The second-order valence-corrected chi connectivity index (χ2v) is 9.29. The van der Waals surface area contributed by atoms with Crippen LogP contribution in [0.4, 0.5) is 0 Å². The maximum absolute atomic E-state index is 13.2. The zero-order valence-electron chi connectivity index (χ0n) is 22.4. The summed E-state index contributed by atoms with van der Waals surface area (Å²) in [5.74, 6) is -0.0486. The van der Waals surface area contributed by atoms with Crippen LogP contribution < -0.4 is 9.47 Å². The van der Waals surface area contributed by atoms with Gasteiger partial charge in [0.15, 0.2) is 0 Å². The molecule has 1 saturated heterocycles. The van der Waals surface area contributed by atoms with Gasteiger partial charge in [-0.1, -0.05) is 38.8 Å². The molecule has 0 aliphatic carbocycles. The molecule has 1 aliphatic heterocycles. The molecule has 2 aromatic carbocycles. The molecule has 1 amide bonds. The number of aryl methyl sites for hydroxylation is 1. The van der Waals surface area contributed by atoms with E-state index >= 15 is 0 Å². The number of hydrogen-bond acceptors (Lipinski definition) is 6. The van der Waals surface area contributed by atoms with Crippen molar-refractivity contribution < 1.29 is 28.9 Å². The summed E-state index contributed by atoms with van der Waals surface area (Å²) >= 11 is 0. The number of carbonyl (C=O) groups excluding carboxylic acids is 2. The van der Waals surface area contributed by atoms with Crippen molar-refractivity contribution >= 4 is 17.4 Å². The van der Waals surface area contributed by atoms with E-state index in [1.165, 1.54) is 4.90 Å². The second-order valence-electron chi connectivity index (χ2n) is 9.29. The topological polar surface area (TPSA) is 85.3 Å². The molecule has 1 aliphatic rings. The molecular weight excluding hydrogens is 470 g/mol. The Labute approximate surface area is 220 Å². The molecule has 1 fully saturated rings. The number of ether oxygens (including phenoxy) is 3. The molecule has 0 spiro atoms. The number of nitrogens with zero attached hydrogens (tertiary/aromatic N) is 1. The Hall–Kier alpha value is -3.32. The summed E-state index contributed by atoms with van der Waals surface area (Å²) in [6.07, 6.45) is 4.67. The molecule has 1 heterocycles. The van der Waals surface area contributed by atoms with Crippen molar-refractivity contribution in [3.63, 3.8) is 0 Å². The van der Waals surface area contributed by atoms with Crippen LogP contribution in [0, 0.1) is 6.92 Å². The minimum Gasteiger partial charge on any atom is -0.507 e. The van der Waals surface area contributed by atoms with Gasteiger partial charge in [-0.2, -0.15) is 0 Å². The van der Waals surface area contributed by atoms with E-state index in [1.807, 2.05) is 38.1 Å². The lowest BCUT2D eigenvalue weighted by atomic mass is 9.94. The van der Waals surface area contributed by atoms with Gasteiger partial charge in [-0.05, 0) is 67.6 Å². The summed E-state index contributed by atoms with van der Waals surface area (Å²) in [7, 11) is 1.60. The van der Waals surface area contributed by atoms with E-state index in [0.717, 1.165) is 48.3 Å². The van der Waals surface area contributed by atoms with E-state index in [4.69, 9.17) is 14.2 Å². The van der Waals surface area contributed by atoms with E-state index in [9.17, 15) is 14.7 Å². The first kappa shape index (κ1) is 28.3. The van der Waals surface area contributed by atoms with Crippen molar-refractivity contribution in [2.75, 3.05) is 33.5 Å². The number of Topliss-reactive ketones (excluding diaryl/α,β-unsaturated/α-hetero) is 1. The lowest BCUT2D eigenvalue weighted by Crippen LogP contribution is -2.31. The van der Waals surface area contributed by atoms with Crippen LogP contribution in [0.15, 0.2) is 48.0 Å². The highest BCUT2D eigenvalue weighted by Crippen LogP contribution is 2.40. The van der Waals surface area contributed by atoms with E-state index in [2.05, 4.69) is 6.92 Å². The lowest BCUT2D eigenvalue weighted by molar-refractivity contribution is -0.140. The number of methoxy groups -OCH3 is 1. The summed E-state index contributed by atoms with van der Waals surface area (Å²) in [4.78, 5) is 27.8. The molecule has 7 heteroatoms. The fourth-order valence-electron chi connectivity index (χ4n) is 4.45. The van der Waals surface area contributed by atoms with Gasteiger partial charge in [0.25, 0.3) is 11.7 Å². The number of hydrogen-bond donors (Lipinski definition) is 1. The average molecular weight is 510 g/mol. The van der Waals surface area contributed by atoms with Crippen molar-refractivity contribution in [1.82, 2.24) is 4.90 Å². The van der Waals surface area contributed by atoms with Crippen LogP contribution in [-0.4, -0.2) is 55.2 Å². The molecule has 7 nitrogen and oxygen atoms in total. The van der Waals surface area contributed by atoms with Gasteiger partial charge in [0.1, 0.15) is 17.3 Å². The predicted octanol–water partition coefficient (Wildman–Crippen LogP) is 5.81. The highest BCUT2D eigenvalue weighted by molar-refractivity contribution is 6.46. The van der Waals surface area contributed by atoms with Crippen molar-refractivity contribution in [3.8, 4) is 11.5 Å². The first-order valence-corrected chi connectivity index (χ1v) is 13.2. The Bertz CT molecular complexity index is 1090. The zero-order valence-corrected chi connectivity index (χ0v) is 22.4. The minimum absolute atomic E-state index is 0.0839. The van der Waals surface area contributed by atoms with Gasteiger partial charge in [0.05, 0.1) is 24.8 Å². The minimum atomic E-state index is -0.706. The van der Waals surface area contributed by atoms with Crippen LogP contribution in [0.5, 0.6) is 11.5 Å². The molecular formula is C30H39NO6. The number of aliphatic hydroxyl groups is 1. The van der Waals surface area contributed by atoms with Gasteiger partial charge in [0.2, 0.25) is 0 Å². The highest BCUT2D eigenvalue weighted by atomic mass is 16.5. The number of aliphatic hydroxyl groups excluding tert-OH is 1. The largest absolute Gasteiger partial charge is 0.507 e. The molecule has 1 N–H and O–H groups in total. The number of unbranched alkanes of at least 4 members (excludes halogenated alkanes) is 2. The Balaban J connectivity index is 1.97. The van der Waals surface area contributed by atoms with Gasteiger partial charge in [-0.15, -0.1) is 0 Å². The number of ketones is 1. The third kappa shape index (κ3) is 6.92. The quantitative estimate of drug-likeness (QED) is 0.150. The maximum Gasteiger partial charge on any atom is 0.295 e. The van der Waals surface area contributed by atoms with Crippen molar-refractivity contribution in [2.24, 2.45) is 0 Å². The number of carbonyl (C=O) groups is 2. The molecule has 2 aromatic rings. The smallest absolute Gasteiger partial charge is 0.295 e. The van der Waals surface area contributed by atoms with Crippen LogP contribution in [0.25, 0.3) is 5.76 Å². The molecule has 37 heavy (non-hydrogen) atoms. The second kappa shape index (κ2) is 13.8. The molecule has 0 radical (unpaired) electrons. The SMILES string of the molecule is CCCCCOc1ccc(C2C(=C(O)c3ccc(OCCC)c(C)c3)C(=O)C(=O)N2CCCOC)cc1. The van der Waals surface area contributed by atoms with Gasteiger partial charge in [0, 0.05) is 25.8 Å². The first-order chi connectivity index (χ1) is 17.9. The Morgan fingerprint density at radius 3 is 2.32 bits per heavy atom. The molecule has 0 aromatic heterocycles. The number of benzene rings is 2. The van der Waals surface area contributed by atoms with Gasteiger partial charge < -0.3 is 24.2 Å². The van der Waals surface area contributed by atoms with Crippen LogP contribution in [0.1, 0.15) is 68.7 Å². The zero-order chi connectivity index (χ0) is 26.8. The summed E-state index contributed by atoms with van der Waals surface area (Å²) in [5.41, 5.74) is 2.13. The fourth-order valence-corrected chi connectivity index (χ4v) is 4.45. The first-order valence-electron chi connectivity index (χ1n) is 13.2. The molecule has 200 valence electrons. The lowest BCUT2D eigenvalue weighted by Gasteiger charge is -2.25. The predicted molar refractivity (Wildman–Crippen MR) is 144 cm³/mol. The average Bonchev–Trinajstić information content (AvgIpc) is 3.15. The van der Waals surface area contributed by atoms with E-state index in [0.29, 0.717) is 38.3 Å². The van der Waals surface area contributed by atoms with E-state index in [1.54, 1.807) is 25.3 Å². The Kier molecular flexibility index (Phi) is 10.6. The van der Waals surface area contributed by atoms with Crippen LogP contribution in [0.2, 0.25) is 0 Å². The van der Waals surface area contributed by atoms with E-state index < -0.39 is 17.7 Å². The molecule has 3 rings (SSSR count). The van der Waals surface area contributed by atoms with Crippen LogP contribution in [0.3, 0.4) is 0 Å². The summed E-state index contributed by atoms with van der Waals surface area (Å²) in [6.45, 7) is 8.09. The standard InChI is InChI=1S/C30H39NO6/c1-5-7-8-19-36-24-13-10-22(11-14-24)27-26(29(33)30(34)31(27)16-9-18-35-4)28(32)23-12-15-25(21(3)20-23)37-17-6-2/h10-15,20,27,32H,5-9,16-19H2,1-4H3. The summed E-state index contributed by atoms with van der Waals surface area (Å²) in [6, 6.07) is 12.0. The Morgan fingerprint density at radius 2 is 1.68 bits per heavy atom. The van der Waals surface area contributed by atoms with Crippen molar-refractivity contribution in [2.45, 2.75) is 58.9 Å². The molecule has 1 atom stereocenters.